The van der Waals surface area contributed by atoms with Crippen molar-refractivity contribution >= 4 is 17.5 Å². The summed E-state index contributed by atoms with van der Waals surface area (Å²) in [5.74, 6) is 0.494. The summed E-state index contributed by atoms with van der Waals surface area (Å²) < 4.78 is 0. The molecule has 2 amide bonds. The Kier molecular flexibility index (Phi) is 6.63. The van der Waals surface area contributed by atoms with Gasteiger partial charge in [-0.3, -0.25) is 15.0 Å². The largest absolute Gasteiger partial charge is 0.368 e. The first-order chi connectivity index (χ1) is 14.2. The molecule has 0 aromatic heterocycles. The standard InChI is InChI=1S/C21H32N6O2/c28-19(27-13-11-26(12-14-27)16-5-2-1-3-6-16)7-4-9-23-21(29)20-17-15-22-10-8-18(17)24-25-20/h1-3,5-6,17-18,20,22,24-25H,4,7-15H2,(H,23,29). The van der Waals surface area contributed by atoms with Gasteiger partial charge in [-0.05, 0) is 31.5 Å². The first kappa shape index (κ1) is 20.1. The molecule has 4 rings (SSSR count). The average molecular weight is 401 g/mol. The molecular weight excluding hydrogens is 368 g/mol. The Morgan fingerprint density at radius 1 is 1.07 bits per heavy atom. The highest BCUT2D eigenvalue weighted by Crippen LogP contribution is 2.20. The molecule has 4 N–H and O–H groups in total. The molecule has 1 aromatic rings. The Bertz CT molecular complexity index is 692. The van der Waals surface area contributed by atoms with Gasteiger partial charge in [-0.2, -0.15) is 0 Å². The van der Waals surface area contributed by atoms with Crippen LogP contribution in [0.4, 0.5) is 5.69 Å². The molecule has 1 aromatic carbocycles. The number of hydrogen-bond acceptors (Lipinski definition) is 6. The van der Waals surface area contributed by atoms with Gasteiger partial charge in [-0.1, -0.05) is 18.2 Å². The van der Waals surface area contributed by atoms with Crippen molar-refractivity contribution in [3.63, 3.8) is 0 Å². The summed E-state index contributed by atoms with van der Waals surface area (Å²) in [6, 6.07) is 10.5. The van der Waals surface area contributed by atoms with E-state index >= 15 is 0 Å². The number of hydrazine groups is 1. The van der Waals surface area contributed by atoms with Gasteiger partial charge < -0.3 is 20.4 Å². The molecule has 3 atom stereocenters. The molecule has 8 nitrogen and oxygen atoms in total. The third-order valence-corrected chi connectivity index (χ3v) is 6.28. The van der Waals surface area contributed by atoms with Gasteiger partial charge in [0.05, 0.1) is 0 Å². The fraction of sp³-hybridized carbons (Fsp3) is 0.619. The van der Waals surface area contributed by atoms with Gasteiger partial charge in [0.15, 0.2) is 0 Å². The molecule has 0 saturated carbocycles. The molecular formula is C21H32N6O2. The van der Waals surface area contributed by atoms with Crippen LogP contribution in [-0.4, -0.2) is 74.6 Å². The third kappa shape index (κ3) is 4.88. The van der Waals surface area contributed by atoms with Crippen molar-refractivity contribution in [1.29, 1.82) is 0 Å². The van der Waals surface area contributed by atoms with Gasteiger partial charge in [-0.25, -0.2) is 5.43 Å². The molecule has 3 fully saturated rings. The number of carbonyl (C=O) groups is 2. The van der Waals surface area contributed by atoms with Crippen molar-refractivity contribution in [3.05, 3.63) is 30.3 Å². The molecule has 0 bridgehead atoms. The molecule has 8 heteroatoms. The fourth-order valence-electron chi connectivity index (χ4n) is 4.55. The average Bonchev–Trinajstić information content (AvgIpc) is 3.21. The summed E-state index contributed by atoms with van der Waals surface area (Å²) in [4.78, 5) is 29.2. The number of piperazine rings is 1. The van der Waals surface area contributed by atoms with E-state index in [1.54, 1.807) is 0 Å². The highest BCUT2D eigenvalue weighted by molar-refractivity contribution is 5.82. The first-order valence-corrected chi connectivity index (χ1v) is 10.8. The molecule has 29 heavy (non-hydrogen) atoms. The summed E-state index contributed by atoms with van der Waals surface area (Å²) in [7, 11) is 0. The second kappa shape index (κ2) is 9.56. The maximum atomic E-state index is 12.5. The molecule has 0 aliphatic carbocycles. The van der Waals surface area contributed by atoms with Crippen molar-refractivity contribution in [2.45, 2.75) is 31.3 Å². The Balaban J connectivity index is 1.13. The quantitative estimate of drug-likeness (QED) is 0.490. The lowest BCUT2D eigenvalue weighted by molar-refractivity contribution is -0.132. The van der Waals surface area contributed by atoms with E-state index in [9.17, 15) is 9.59 Å². The third-order valence-electron chi connectivity index (χ3n) is 6.28. The summed E-state index contributed by atoms with van der Waals surface area (Å²) in [5, 5.41) is 6.36. The van der Waals surface area contributed by atoms with Crippen molar-refractivity contribution in [2.24, 2.45) is 5.92 Å². The minimum absolute atomic E-state index is 0.0256. The van der Waals surface area contributed by atoms with Crippen LogP contribution in [0.1, 0.15) is 19.3 Å². The van der Waals surface area contributed by atoms with Gasteiger partial charge in [-0.15, -0.1) is 0 Å². The topological polar surface area (TPSA) is 88.7 Å². The molecule has 3 aliphatic rings. The number of para-hydroxylation sites is 1. The number of amides is 2. The fourth-order valence-corrected chi connectivity index (χ4v) is 4.55. The number of nitrogens with one attached hydrogen (secondary N) is 4. The van der Waals surface area contributed by atoms with Crippen LogP contribution in [0, 0.1) is 5.92 Å². The molecule has 158 valence electrons. The maximum Gasteiger partial charge on any atom is 0.238 e. The van der Waals surface area contributed by atoms with Gasteiger partial charge >= 0.3 is 0 Å². The molecule has 3 aliphatic heterocycles. The summed E-state index contributed by atoms with van der Waals surface area (Å²) in [6.07, 6.45) is 2.19. The zero-order valence-corrected chi connectivity index (χ0v) is 16.9. The molecule has 3 unspecified atom stereocenters. The van der Waals surface area contributed by atoms with Crippen LogP contribution in [0.2, 0.25) is 0 Å². The highest BCUT2D eigenvalue weighted by Gasteiger charge is 2.40. The van der Waals surface area contributed by atoms with Gasteiger partial charge in [0, 0.05) is 63.3 Å². The van der Waals surface area contributed by atoms with E-state index in [0.717, 1.165) is 45.7 Å². The lowest BCUT2D eigenvalue weighted by atomic mass is 9.89. The number of hydrogen-bond donors (Lipinski definition) is 4. The zero-order chi connectivity index (χ0) is 20.1. The smallest absolute Gasteiger partial charge is 0.238 e. The van der Waals surface area contributed by atoms with Crippen molar-refractivity contribution in [1.82, 2.24) is 26.4 Å². The van der Waals surface area contributed by atoms with E-state index in [4.69, 9.17) is 0 Å². The predicted molar refractivity (Wildman–Crippen MR) is 112 cm³/mol. The van der Waals surface area contributed by atoms with E-state index in [-0.39, 0.29) is 23.8 Å². The number of fused-ring (bicyclic) bond motifs is 1. The SMILES string of the molecule is O=C(NCCCC(=O)N1CCN(c2ccccc2)CC1)C1NNC2CCNCC21. The van der Waals surface area contributed by atoms with Crippen molar-refractivity contribution in [3.8, 4) is 0 Å². The maximum absolute atomic E-state index is 12.5. The van der Waals surface area contributed by atoms with Gasteiger partial charge in [0.25, 0.3) is 0 Å². The van der Waals surface area contributed by atoms with Gasteiger partial charge in [0.2, 0.25) is 11.8 Å². The minimum Gasteiger partial charge on any atom is -0.368 e. The van der Waals surface area contributed by atoms with Crippen molar-refractivity contribution < 1.29 is 9.59 Å². The number of carbonyl (C=O) groups excluding carboxylic acids is 2. The number of nitrogens with zero attached hydrogens (tertiary/aromatic N) is 2. The number of rotatable bonds is 6. The Morgan fingerprint density at radius 2 is 1.86 bits per heavy atom. The predicted octanol–water partition coefficient (Wildman–Crippen LogP) is -0.314. The summed E-state index contributed by atoms with van der Waals surface area (Å²) in [5.41, 5.74) is 7.59. The van der Waals surface area contributed by atoms with E-state index in [1.807, 2.05) is 23.1 Å². The number of anilines is 1. The molecule has 3 saturated heterocycles. The zero-order valence-electron chi connectivity index (χ0n) is 16.9. The summed E-state index contributed by atoms with van der Waals surface area (Å²) >= 11 is 0. The van der Waals surface area contributed by atoms with Crippen LogP contribution >= 0.6 is 0 Å². The van der Waals surface area contributed by atoms with E-state index < -0.39 is 0 Å². The Hall–Kier alpha value is -2.16. The van der Waals surface area contributed by atoms with Crippen LogP contribution < -0.4 is 26.4 Å². The normalized spacial score (nSPS) is 26.8. The number of piperidine rings is 1. The monoisotopic (exact) mass is 400 g/mol. The van der Waals surface area contributed by atoms with Crippen LogP contribution in [0.15, 0.2) is 30.3 Å². The first-order valence-electron chi connectivity index (χ1n) is 10.8. The van der Waals surface area contributed by atoms with E-state index in [0.29, 0.717) is 25.4 Å². The van der Waals surface area contributed by atoms with Crippen LogP contribution in [0.5, 0.6) is 0 Å². The second-order valence-corrected chi connectivity index (χ2v) is 8.13. The molecule has 0 radical (unpaired) electrons. The van der Waals surface area contributed by atoms with Crippen molar-refractivity contribution in [2.75, 3.05) is 50.7 Å². The van der Waals surface area contributed by atoms with E-state index in [2.05, 4.69) is 38.5 Å². The lowest BCUT2D eigenvalue weighted by Crippen LogP contribution is -2.50. The van der Waals surface area contributed by atoms with Gasteiger partial charge in [0.1, 0.15) is 6.04 Å². The van der Waals surface area contributed by atoms with Crippen LogP contribution in [0.25, 0.3) is 0 Å². The molecule has 3 heterocycles. The number of benzene rings is 1. The molecule has 0 spiro atoms. The minimum atomic E-state index is -0.199. The van der Waals surface area contributed by atoms with Crippen LogP contribution in [0.3, 0.4) is 0 Å². The lowest BCUT2D eigenvalue weighted by Gasteiger charge is -2.36. The Labute approximate surface area is 172 Å². The van der Waals surface area contributed by atoms with Crippen LogP contribution in [-0.2, 0) is 9.59 Å². The Morgan fingerprint density at radius 3 is 2.66 bits per heavy atom. The second-order valence-electron chi connectivity index (χ2n) is 8.13. The summed E-state index contributed by atoms with van der Waals surface area (Å²) in [6.45, 7) is 5.63. The highest BCUT2D eigenvalue weighted by atomic mass is 16.2. The van der Waals surface area contributed by atoms with E-state index in [1.165, 1.54) is 5.69 Å².